The third-order valence-corrected chi connectivity index (χ3v) is 3.77. The zero-order valence-electron chi connectivity index (χ0n) is 12.0. The Labute approximate surface area is 123 Å². The number of carbonyl (C=O) groups excluding carboxylic acids is 2. The molecular weight excluding hydrogens is 270 g/mol. The van der Waals surface area contributed by atoms with Gasteiger partial charge >= 0.3 is 0 Å². The number of benzene rings is 1. The first kappa shape index (κ1) is 15.6. The molecule has 1 saturated heterocycles. The highest BCUT2D eigenvalue weighted by atomic mass is 16.3. The molecule has 6 nitrogen and oxygen atoms in total. The maximum atomic E-state index is 11.6. The van der Waals surface area contributed by atoms with Crippen LogP contribution in [0, 0.1) is 0 Å². The second kappa shape index (κ2) is 6.80. The van der Waals surface area contributed by atoms with Crippen LogP contribution in [0.1, 0.15) is 12.5 Å². The molecule has 1 aromatic rings. The molecule has 6 heteroatoms. The molecule has 0 bridgehead atoms. The highest BCUT2D eigenvalue weighted by Crippen LogP contribution is 2.09. The van der Waals surface area contributed by atoms with Crippen molar-refractivity contribution in [2.45, 2.75) is 31.5 Å². The summed E-state index contributed by atoms with van der Waals surface area (Å²) in [5.74, 6) is -0.683. The Hall–Kier alpha value is -1.76. The lowest BCUT2D eigenvalue weighted by molar-refractivity contribution is -0.140. The van der Waals surface area contributed by atoms with Crippen LogP contribution in [-0.4, -0.2) is 53.1 Å². The summed E-state index contributed by atoms with van der Waals surface area (Å²) in [6.45, 7) is 2.01. The Morgan fingerprint density at radius 2 is 2.05 bits per heavy atom. The van der Waals surface area contributed by atoms with Gasteiger partial charge < -0.3 is 10.8 Å². The van der Waals surface area contributed by atoms with Gasteiger partial charge in [-0.3, -0.25) is 19.8 Å². The molecule has 3 unspecified atom stereocenters. The van der Waals surface area contributed by atoms with Gasteiger partial charge in [0.15, 0.2) is 0 Å². The molecule has 2 rings (SSSR count). The minimum absolute atomic E-state index is 0.0992. The average molecular weight is 291 g/mol. The van der Waals surface area contributed by atoms with Gasteiger partial charge in [-0.2, -0.15) is 0 Å². The Balaban J connectivity index is 1.92. The van der Waals surface area contributed by atoms with Crippen LogP contribution >= 0.6 is 0 Å². The van der Waals surface area contributed by atoms with Gasteiger partial charge in [0, 0.05) is 12.6 Å². The zero-order valence-corrected chi connectivity index (χ0v) is 12.0. The van der Waals surface area contributed by atoms with E-state index in [-0.39, 0.29) is 24.9 Å². The van der Waals surface area contributed by atoms with Crippen LogP contribution in [-0.2, 0) is 16.0 Å². The van der Waals surface area contributed by atoms with E-state index in [2.05, 4.69) is 5.32 Å². The summed E-state index contributed by atoms with van der Waals surface area (Å²) < 4.78 is 0. The van der Waals surface area contributed by atoms with Crippen molar-refractivity contribution in [3.8, 4) is 0 Å². The summed E-state index contributed by atoms with van der Waals surface area (Å²) in [6, 6.07) is 8.78. The number of aliphatic hydroxyl groups is 1. The van der Waals surface area contributed by atoms with Crippen molar-refractivity contribution in [2.75, 3.05) is 13.1 Å². The second-order valence-corrected chi connectivity index (χ2v) is 5.44. The number of nitrogens with zero attached hydrogens (tertiary/aromatic N) is 1. The molecule has 0 aliphatic carbocycles. The number of carbonyl (C=O) groups is 2. The SMILES string of the molecule is CC1C(=O)NC(=O)CN1CC(O)C(N)Cc1ccccc1. The second-order valence-electron chi connectivity index (χ2n) is 5.44. The van der Waals surface area contributed by atoms with E-state index in [1.165, 1.54) is 0 Å². The van der Waals surface area contributed by atoms with Crippen LogP contribution in [0.15, 0.2) is 30.3 Å². The summed E-state index contributed by atoms with van der Waals surface area (Å²) >= 11 is 0. The highest BCUT2D eigenvalue weighted by Gasteiger charge is 2.32. The van der Waals surface area contributed by atoms with Crippen molar-refractivity contribution in [1.82, 2.24) is 10.2 Å². The van der Waals surface area contributed by atoms with Crippen molar-refractivity contribution >= 4 is 11.8 Å². The molecule has 2 amide bonds. The van der Waals surface area contributed by atoms with E-state index in [1.807, 2.05) is 30.3 Å². The first-order valence-electron chi connectivity index (χ1n) is 7.02. The molecule has 4 N–H and O–H groups in total. The fourth-order valence-corrected chi connectivity index (χ4v) is 2.39. The van der Waals surface area contributed by atoms with E-state index in [0.717, 1.165) is 5.56 Å². The van der Waals surface area contributed by atoms with Gasteiger partial charge in [0.2, 0.25) is 11.8 Å². The number of imide groups is 1. The summed E-state index contributed by atoms with van der Waals surface area (Å²) in [7, 11) is 0. The molecule has 1 heterocycles. The predicted molar refractivity (Wildman–Crippen MR) is 78.3 cm³/mol. The van der Waals surface area contributed by atoms with E-state index < -0.39 is 18.2 Å². The van der Waals surface area contributed by atoms with E-state index >= 15 is 0 Å². The molecule has 114 valence electrons. The molecule has 1 aromatic carbocycles. The summed E-state index contributed by atoms with van der Waals surface area (Å²) in [6.07, 6.45) is -0.254. The van der Waals surface area contributed by atoms with Gasteiger partial charge in [0.25, 0.3) is 0 Å². The number of hydrogen-bond donors (Lipinski definition) is 3. The fourth-order valence-electron chi connectivity index (χ4n) is 2.39. The maximum absolute atomic E-state index is 11.6. The lowest BCUT2D eigenvalue weighted by Crippen LogP contribution is -2.59. The normalized spacial score (nSPS) is 22.7. The van der Waals surface area contributed by atoms with Crippen LogP contribution in [0.5, 0.6) is 0 Å². The number of hydrogen-bond acceptors (Lipinski definition) is 5. The van der Waals surface area contributed by atoms with Gasteiger partial charge in [0.05, 0.1) is 18.7 Å². The third kappa shape index (κ3) is 4.10. The summed E-state index contributed by atoms with van der Waals surface area (Å²) in [5, 5.41) is 12.5. The number of rotatable bonds is 5. The van der Waals surface area contributed by atoms with Crippen LogP contribution in [0.4, 0.5) is 0 Å². The molecular formula is C15H21N3O3. The molecule has 3 atom stereocenters. The van der Waals surface area contributed by atoms with Crippen molar-refractivity contribution in [1.29, 1.82) is 0 Å². The monoisotopic (exact) mass is 291 g/mol. The predicted octanol–water partition coefficient (Wildman–Crippen LogP) is -0.736. The standard InChI is InChI=1S/C15H21N3O3/c1-10-15(21)17-14(20)9-18(10)8-13(19)12(16)7-11-5-3-2-4-6-11/h2-6,10,12-13,19H,7-9,16H2,1H3,(H,17,20,21). The van der Waals surface area contributed by atoms with Crippen LogP contribution in [0.3, 0.4) is 0 Å². The van der Waals surface area contributed by atoms with E-state index in [9.17, 15) is 14.7 Å². The number of aliphatic hydroxyl groups excluding tert-OH is 1. The Morgan fingerprint density at radius 1 is 1.38 bits per heavy atom. The Kier molecular flexibility index (Phi) is 5.06. The highest BCUT2D eigenvalue weighted by molar-refractivity contribution is 6.00. The lowest BCUT2D eigenvalue weighted by atomic mass is 10.0. The van der Waals surface area contributed by atoms with Gasteiger partial charge in [-0.05, 0) is 18.9 Å². The average Bonchev–Trinajstić information content (AvgIpc) is 2.45. The zero-order chi connectivity index (χ0) is 15.4. The molecule has 0 aromatic heterocycles. The van der Waals surface area contributed by atoms with Crippen molar-refractivity contribution in [3.05, 3.63) is 35.9 Å². The lowest BCUT2D eigenvalue weighted by Gasteiger charge is -2.34. The molecule has 0 radical (unpaired) electrons. The van der Waals surface area contributed by atoms with Gasteiger partial charge in [-0.1, -0.05) is 30.3 Å². The molecule has 0 saturated carbocycles. The number of amides is 2. The topological polar surface area (TPSA) is 95.7 Å². The third-order valence-electron chi connectivity index (χ3n) is 3.77. The van der Waals surface area contributed by atoms with E-state index in [4.69, 9.17) is 5.73 Å². The molecule has 1 fully saturated rings. The number of β-amino-alcohol motifs (C(OH)–C–C–N with tert-alkyl or cyclic N) is 1. The number of nitrogens with two attached hydrogens (primary N) is 1. The molecule has 21 heavy (non-hydrogen) atoms. The van der Waals surface area contributed by atoms with Gasteiger partial charge in [-0.15, -0.1) is 0 Å². The van der Waals surface area contributed by atoms with E-state index in [0.29, 0.717) is 6.42 Å². The van der Waals surface area contributed by atoms with Crippen LogP contribution < -0.4 is 11.1 Å². The van der Waals surface area contributed by atoms with Crippen LogP contribution in [0.25, 0.3) is 0 Å². The van der Waals surface area contributed by atoms with Crippen molar-refractivity contribution in [2.24, 2.45) is 5.73 Å². The molecule has 1 aliphatic heterocycles. The van der Waals surface area contributed by atoms with Crippen molar-refractivity contribution in [3.63, 3.8) is 0 Å². The number of piperazine rings is 1. The number of nitrogens with one attached hydrogen (secondary N) is 1. The van der Waals surface area contributed by atoms with Gasteiger partial charge in [0.1, 0.15) is 0 Å². The largest absolute Gasteiger partial charge is 0.390 e. The summed E-state index contributed by atoms with van der Waals surface area (Å²) in [5.41, 5.74) is 7.06. The van der Waals surface area contributed by atoms with Crippen LogP contribution in [0.2, 0.25) is 0 Å². The van der Waals surface area contributed by atoms with E-state index in [1.54, 1.807) is 11.8 Å². The van der Waals surface area contributed by atoms with Crippen molar-refractivity contribution < 1.29 is 14.7 Å². The Bertz CT molecular complexity index is 506. The quantitative estimate of drug-likeness (QED) is 0.621. The Morgan fingerprint density at radius 3 is 2.71 bits per heavy atom. The van der Waals surface area contributed by atoms with Gasteiger partial charge in [-0.25, -0.2) is 0 Å². The first-order chi connectivity index (χ1) is 9.97. The minimum atomic E-state index is -0.800. The molecule has 0 spiro atoms. The smallest absolute Gasteiger partial charge is 0.243 e. The minimum Gasteiger partial charge on any atom is -0.390 e. The maximum Gasteiger partial charge on any atom is 0.243 e. The summed E-state index contributed by atoms with van der Waals surface area (Å²) in [4.78, 5) is 24.6. The fraction of sp³-hybridized carbons (Fsp3) is 0.467. The first-order valence-corrected chi connectivity index (χ1v) is 7.02. The molecule has 1 aliphatic rings.